The predicted octanol–water partition coefficient (Wildman–Crippen LogP) is 4.28. The summed E-state index contributed by atoms with van der Waals surface area (Å²) in [6.07, 6.45) is 1.19. The molecule has 0 saturated carbocycles. The van der Waals surface area contributed by atoms with Gasteiger partial charge in [0.1, 0.15) is 11.6 Å². The lowest BCUT2D eigenvalue weighted by molar-refractivity contribution is -0.157. The summed E-state index contributed by atoms with van der Waals surface area (Å²) in [5.41, 5.74) is 0.293. The topological polar surface area (TPSA) is 75.7 Å². The summed E-state index contributed by atoms with van der Waals surface area (Å²) < 4.78 is 5.54. The average molecular weight is 437 g/mol. The summed E-state index contributed by atoms with van der Waals surface area (Å²) in [6, 6.07) is 8.44. The number of urea groups is 1. The highest BCUT2D eigenvalue weighted by molar-refractivity contribution is 8.13. The molecule has 30 heavy (non-hydrogen) atoms. The van der Waals surface area contributed by atoms with Gasteiger partial charge in [0.2, 0.25) is 0 Å². The first-order valence-corrected chi connectivity index (χ1v) is 11.4. The molecule has 6 nitrogen and oxygen atoms in total. The summed E-state index contributed by atoms with van der Waals surface area (Å²) in [5.74, 6) is 0.504. The second-order valence-corrected chi connectivity index (χ2v) is 10.0. The average Bonchev–Trinajstić information content (AvgIpc) is 2.62. The highest BCUT2D eigenvalue weighted by Crippen LogP contribution is 2.13. The van der Waals surface area contributed by atoms with Gasteiger partial charge in [0.25, 0.3) is 0 Å². The zero-order valence-electron chi connectivity index (χ0n) is 19.1. The van der Waals surface area contributed by atoms with Crippen molar-refractivity contribution in [3.63, 3.8) is 0 Å². The van der Waals surface area contributed by atoms with Crippen molar-refractivity contribution >= 4 is 28.9 Å². The van der Waals surface area contributed by atoms with E-state index in [9.17, 15) is 14.4 Å². The van der Waals surface area contributed by atoms with Gasteiger partial charge in [0.05, 0.1) is 0 Å². The van der Waals surface area contributed by atoms with Gasteiger partial charge in [-0.2, -0.15) is 0 Å². The van der Waals surface area contributed by atoms with Crippen LogP contribution in [0.1, 0.15) is 53.5 Å². The fraction of sp³-hybridized carbons (Fsp3) is 0.609. The van der Waals surface area contributed by atoms with Crippen LogP contribution in [-0.2, 0) is 20.7 Å². The van der Waals surface area contributed by atoms with Crippen LogP contribution in [-0.4, -0.2) is 52.5 Å². The smallest absolute Gasteiger partial charge is 0.329 e. The van der Waals surface area contributed by atoms with E-state index in [0.29, 0.717) is 31.2 Å². The Morgan fingerprint density at radius 1 is 1.10 bits per heavy atom. The molecule has 0 aliphatic heterocycles. The molecule has 1 aromatic rings. The van der Waals surface area contributed by atoms with E-state index >= 15 is 0 Å². The number of carbonyl (C=O) groups is 3. The number of nitrogens with zero attached hydrogens (tertiary/aromatic N) is 1. The molecule has 7 heteroatoms. The van der Waals surface area contributed by atoms with E-state index in [2.05, 4.69) is 19.2 Å². The van der Waals surface area contributed by atoms with Crippen LogP contribution < -0.4 is 5.32 Å². The fourth-order valence-corrected chi connectivity index (χ4v) is 3.28. The Hall–Kier alpha value is -2.02. The van der Waals surface area contributed by atoms with E-state index in [4.69, 9.17) is 4.74 Å². The predicted molar refractivity (Wildman–Crippen MR) is 122 cm³/mol. The van der Waals surface area contributed by atoms with Gasteiger partial charge in [-0.05, 0) is 38.7 Å². The first-order chi connectivity index (χ1) is 14.0. The first-order valence-electron chi connectivity index (χ1n) is 10.4. The molecule has 1 atom stereocenters. The Bertz CT molecular complexity index is 686. The molecule has 0 fully saturated rings. The van der Waals surface area contributed by atoms with Crippen LogP contribution in [0.25, 0.3) is 0 Å². The molecule has 2 amide bonds. The van der Waals surface area contributed by atoms with Crippen LogP contribution >= 0.6 is 11.8 Å². The van der Waals surface area contributed by atoms with Crippen molar-refractivity contribution < 1.29 is 19.1 Å². The molecule has 0 bridgehead atoms. The lowest BCUT2D eigenvalue weighted by atomic mass is 10.1. The van der Waals surface area contributed by atoms with Gasteiger partial charge in [-0.25, -0.2) is 9.59 Å². The number of hydrogen-bond donors (Lipinski definition) is 1. The highest BCUT2D eigenvalue weighted by Gasteiger charge is 2.28. The minimum absolute atomic E-state index is 0.0231. The molecule has 1 unspecified atom stereocenters. The Labute approximate surface area is 185 Å². The van der Waals surface area contributed by atoms with Crippen molar-refractivity contribution in [2.75, 3.05) is 18.8 Å². The van der Waals surface area contributed by atoms with E-state index in [0.717, 1.165) is 12.0 Å². The van der Waals surface area contributed by atoms with Gasteiger partial charge >= 0.3 is 12.0 Å². The molecule has 1 N–H and O–H groups in total. The van der Waals surface area contributed by atoms with E-state index < -0.39 is 17.6 Å². The second kappa shape index (κ2) is 12.6. The summed E-state index contributed by atoms with van der Waals surface area (Å²) in [5, 5.41) is 2.89. The second-order valence-electron chi connectivity index (χ2n) is 8.73. The van der Waals surface area contributed by atoms with Gasteiger partial charge in [0, 0.05) is 32.2 Å². The van der Waals surface area contributed by atoms with Crippen molar-refractivity contribution in [1.29, 1.82) is 0 Å². The van der Waals surface area contributed by atoms with Gasteiger partial charge in [-0.15, -0.1) is 0 Å². The summed E-state index contributed by atoms with van der Waals surface area (Å²) >= 11 is 1.19. The molecule has 0 heterocycles. The summed E-state index contributed by atoms with van der Waals surface area (Å²) in [6.45, 7) is 12.1. The maximum absolute atomic E-state index is 13.0. The van der Waals surface area contributed by atoms with Crippen molar-refractivity contribution in [2.24, 2.45) is 5.92 Å². The number of ether oxygens (including phenoxy) is 1. The van der Waals surface area contributed by atoms with Crippen molar-refractivity contribution in [3.05, 3.63) is 35.9 Å². The van der Waals surface area contributed by atoms with E-state index in [1.165, 1.54) is 18.7 Å². The molecule has 1 rings (SSSR count). The van der Waals surface area contributed by atoms with Crippen LogP contribution in [0.4, 0.5) is 4.79 Å². The summed E-state index contributed by atoms with van der Waals surface area (Å²) in [7, 11) is 0. The molecule has 168 valence electrons. The Kier molecular flexibility index (Phi) is 10.9. The van der Waals surface area contributed by atoms with Gasteiger partial charge in [0.15, 0.2) is 5.12 Å². The normalized spacial score (nSPS) is 12.4. The fourth-order valence-electron chi connectivity index (χ4n) is 2.68. The lowest BCUT2D eigenvalue weighted by Gasteiger charge is -2.28. The third-order valence-corrected chi connectivity index (χ3v) is 4.99. The van der Waals surface area contributed by atoms with Gasteiger partial charge < -0.3 is 15.0 Å². The third kappa shape index (κ3) is 11.2. The molecular weight excluding hydrogens is 400 g/mol. The molecule has 1 aromatic carbocycles. The van der Waals surface area contributed by atoms with Crippen molar-refractivity contribution in [2.45, 2.75) is 66.0 Å². The molecule has 0 radical (unpaired) electrons. The first kappa shape index (κ1) is 26.0. The summed E-state index contributed by atoms with van der Waals surface area (Å²) in [4.78, 5) is 38.7. The lowest BCUT2D eigenvalue weighted by Crippen LogP contribution is -2.51. The maximum atomic E-state index is 13.0. The number of nitrogens with one attached hydrogen (secondary N) is 1. The highest BCUT2D eigenvalue weighted by atomic mass is 32.2. The zero-order chi connectivity index (χ0) is 22.7. The number of carbonyl (C=O) groups excluding carboxylic acids is 3. The van der Waals surface area contributed by atoms with Crippen molar-refractivity contribution in [1.82, 2.24) is 10.2 Å². The standard InChI is InChI=1S/C23H36N2O4S/c1-17(2)12-13-25(14-15-30-18(3)26)22(28)24-20(21(27)29-23(4,5)6)16-19-10-8-7-9-11-19/h7-11,17,20H,12-16H2,1-6H3,(H,24,28). The number of rotatable bonds is 10. The molecule has 0 aliphatic rings. The number of hydrogen-bond acceptors (Lipinski definition) is 5. The van der Waals surface area contributed by atoms with Crippen LogP contribution in [0, 0.1) is 5.92 Å². The minimum atomic E-state index is -0.791. The number of esters is 1. The SMILES string of the molecule is CC(=O)SCCN(CCC(C)C)C(=O)NC(Cc1ccccc1)C(=O)OC(C)(C)C. The largest absolute Gasteiger partial charge is 0.458 e. The number of benzene rings is 1. The monoisotopic (exact) mass is 436 g/mol. The Morgan fingerprint density at radius 2 is 1.73 bits per heavy atom. The molecule has 0 aliphatic carbocycles. The van der Waals surface area contributed by atoms with Crippen molar-refractivity contribution in [3.8, 4) is 0 Å². The minimum Gasteiger partial charge on any atom is -0.458 e. The molecule has 0 aromatic heterocycles. The molecule has 0 spiro atoms. The number of thioether (sulfide) groups is 1. The maximum Gasteiger partial charge on any atom is 0.329 e. The molecule has 0 saturated heterocycles. The Morgan fingerprint density at radius 3 is 2.27 bits per heavy atom. The van der Waals surface area contributed by atoms with Gasteiger partial charge in [-0.3, -0.25) is 4.79 Å². The van der Waals surface area contributed by atoms with E-state index in [-0.39, 0.29) is 11.1 Å². The quantitative estimate of drug-likeness (QED) is 0.554. The zero-order valence-corrected chi connectivity index (χ0v) is 19.9. The Balaban J connectivity index is 2.92. The van der Waals surface area contributed by atoms with Gasteiger partial charge in [-0.1, -0.05) is 55.9 Å². The number of amides is 2. The van der Waals surface area contributed by atoms with Crippen LogP contribution in [0.5, 0.6) is 0 Å². The van der Waals surface area contributed by atoms with E-state index in [1.54, 1.807) is 25.7 Å². The third-order valence-electron chi connectivity index (χ3n) is 4.20. The molecular formula is C23H36N2O4S. The van der Waals surface area contributed by atoms with Crippen LogP contribution in [0.2, 0.25) is 0 Å². The van der Waals surface area contributed by atoms with E-state index in [1.807, 2.05) is 30.3 Å². The van der Waals surface area contributed by atoms with Crippen LogP contribution in [0.15, 0.2) is 30.3 Å². The van der Waals surface area contributed by atoms with Crippen LogP contribution in [0.3, 0.4) is 0 Å².